The summed E-state index contributed by atoms with van der Waals surface area (Å²) < 4.78 is 5.99. The van der Waals surface area contributed by atoms with E-state index in [4.69, 9.17) is 16.2 Å². The smallest absolute Gasteiger partial charge is 0.242 e. The third kappa shape index (κ3) is 2.50. The molecule has 92 valence electrons. The van der Waals surface area contributed by atoms with Gasteiger partial charge in [0.2, 0.25) is 5.91 Å². The molecule has 1 unspecified atom stereocenters. The first kappa shape index (κ1) is 12.1. The van der Waals surface area contributed by atoms with Crippen LogP contribution in [0.15, 0.2) is 16.7 Å². The van der Waals surface area contributed by atoms with Crippen LogP contribution in [0, 0.1) is 0 Å². The fourth-order valence-electron chi connectivity index (χ4n) is 1.75. The van der Waals surface area contributed by atoms with Gasteiger partial charge in [-0.25, -0.2) is 4.98 Å². The lowest BCUT2D eigenvalue weighted by Gasteiger charge is -2.34. The van der Waals surface area contributed by atoms with Crippen LogP contribution < -0.4 is 16.4 Å². The first-order chi connectivity index (χ1) is 8.09. The number of carbonyl (C=O) groups is 1. The van der Waals surface area contributed by atoms with Gasteiger partial charge >= 0.3 is 0 Å². The second-order valence-electron chi connectivity index (χ2n) is 3.76. The quantitative estimate of drug-likeness (QED) is 0.809. The molecular formula is C10H13BrN4O2. The average Bonchev–Trinajstić information content (AvgIpc) is 2.29. The van der Waals surface area contributed by atoms with Gasteiger partial charge in [0.25, 0.3) is 0 Å². The van der Waals surface area contributed by atoms with E-state index in [1.54, 1.807) is 12.3 Å². The molecule has 1 aliphatic heterocycles. The Balaban J connectivity index is 2.32. The van der Waals surface area contributed by atoms with E-state index in [1.807, 2.05) is 4.90 Å². The molecule has 0 aromatic carbocycles. The van der Waals surface area contributed by atoms with Crippen molar-refractivity contribution in [3.63, 3.8) is 0 Å². The number of aromatic nitrogens is 1. The fourth-order valence-corrected chi connectivity index (χ4v) is 2.34. The molecule has 1 aliphatic rings. The van der Waals surface area contributed by atoms with Crippen molar-refractivity contribution >= 4 is 33.3 Å². The summed E-state index contributed by atoms with van der Waals surface area (Å²) in [5.74, 6) is 0.238. The molecule has 1 saturated heterocycles. The van der Waals surface area contributed by atoms with Gasteiger partial charge in [-0.2, -0.15) is 0 Å². The van der Waals surface area contributed by atoms with Crippen molar-refractivity contribution in [2.45, 2.75) is 6.04 Å². The van der Waals surface area contributed by atoms with E-state index < -0.39 is 11.9 Å². The Hall–Kier alpha value is -1.34. The number of ether oxygens (including phenoxy) is 1. The molecule has 2 rings (SSSR count). The number of amides is 1. The first-order valence-electron chi connectivity index (χ1n) is 5.14. The van der Waals surface area contributed by atoms with Gasteiger partial charge in [-0.3, -0.25) is 4.79 Å². The van der Waals surface area contributed by atoms with E-state index in [9.17, 15) is 4.79 Å². The summed E-state index contributed by atoms with van der Waals surface area (Å²) in [7, 11) is 0. The molecule has 0 spiro atoms. The molecule has 1 aromatic heterocycles. The Morgan fingerprint density at radius 2 is 2.41 bits per heavy atom. The average molecular weight is 301 g/mol. The summed E-state index contributed by atoms with van der Waals surface area (Å²) in [6.45, 7) is 1.40. The number of hydrogen-bond donors (Lipinski definition) is 2. The van der Waals surface area contributed by atoms with Crippen LogP contribution in [-0.4, -0.2) is 36.7 Å². The highest BCUT2D eigenvalue weighted by Gasteiger charge is 2.29. The van der Waals surface area contributed by atoms with Gasteiger partial charge in [0, 0.05) is 6.54 Å². The standard InChI is InChI=1S/C10H13BrN4O2/c11-7-3-6(12)4-14-10(7)15-1-2-17-5-8(15)9(13)16/h3-4,8H,1-2,5,12H2,(H2,13,16). The molecular weight excluding hydrogens is 288 g/mol. The lowest BCUT2D eigenvalue weighted by molar-refractivity contribution is -0.121. The Morgan fingerprint density at radius 1 is 1.65 bits per heavy atom. The van der Waals surface area contributed by atoms with Crippen LogP contribution in [0.4, 0.5) is 11.5 Å². The molecule has 0 saturated carbocycles. The van der Waals surface area contributed by atoms with Gasteiger partial charge in [0.15, 0.2) is 0 Å². The molecule has 17 heavy (non-hydrogen) atoms. The Bertz CT molecular complexity index is 440. The van der Waals surface area contributed by atoms with Crippen LogP contribution in [-0.2, 0) is 9.53 Å². The van der Waals surface area contributed by atoms with Gasteiger partial charge in [0.1, 0.15) is 11.9 Å². The number of pyridine rings is 1. The lowest BCUT2D eigenvalue weighted by Crippen LogP contribution is -2.53. The van der Waals surface area contributed by atoms with E-state index in [2.05, 4.69) is 20.9 Å². The zero-order chi connectivity index (χ0) is 12.4. The number of anilines is 2. The molecule has 0 aliphatic carbocycles. The topological polar surface area (TPSA) is 94.5 Å². The number of carbonyl (C=O) groups excluding carboxylic acids is 1. The van der Waals surface area contributed by atoms with Gasteiger partial charge in [0.05, 0.1) is 29.6 Å². The second kappa shape index (κ2) is 4.89. The maximum Gasteiger partial charge on any atom is 0.242 e. The summed E-state index contributed by atoms with van der Waals surface area (Å²) in [6.07, 6.45) is 1.55. The van der Waals surface area contributed by atoms with E-state index in [1.165, 1.54) is 0 Å². The highest BCUT2D eigenvalue weighted by Crippen LogP contribution is 2.27. The number of hydrogen-bond acceptors (Lipinski definition) is 5. The highest BCUT2D eigenvalue weighted by atomic mass is 79.9. The molecule has 4 N–H and O–H groups in total. The zero-order valence-electron chi connectivity index (χ0n) is 9.10. The number of primary amides is 1. The van der Waals surface area contributed by atoms with Crippen LogP contribution in [0.3, 0.4) is 0 Å². The molecule has 1 atom stereocenters. The molecule has 2 heterocycles. The Labute approximate surface area is 107 Å². The van der Waals surface area contributed by atoms with Crippen LogP contribution >= 0.6 is 15.9 Å². The molecule has 1 aromatic rings. The predicted octanol–water partition coefficient (Wildman–Crippen LogP) is 0.117. The summed E-state index contributed by atoms with van der Waals surface area (Å²) >= 11 is 3.38. The van der Waals surface area contributed by atoms with E-state index in [-0.39, 0.29) is 6.61 Å². The maximum absolute atomic E-state index is 11.3. The van der Waals surface area contributed by atoms with Crippen molar-refractivity contribution < 1.29 is 9.53 Å². The molecule has 0 bridgehead atoms. The summed E-state index contributed by atoms with van der Waals surface area (Å²) in [6, 6.07) is 1.26. The van der Waals surface area contributed by atoms with Crippen molar-refractivity contribution in [3.8, 4) is 0 Å². The Kier molecular flexibility index (Phi) is 3.49. The van der Waals surface area contributed by atoms with Crippen molar-refractivity contribution in [2.24, 2.45) is 5.73 Å². The third-order valence-corrected chi connectivity index (χ3v) is 3.16. The molecule has 1 amide bonds. The number of morpholine rings is 1. The van der Waals surface area contributed by atoms with Gasteiger partial charge in [-0.05, 0) is 22.0 Å². The van der Waals surface area contributed by atoms with Crippen molar-refractivity contribution in [2.75, 3.05) is 30.4 Å². The largest absolute Gasteiger partial charge is 0.397 e. The molecule has 7 heteroatoms. The third-order valence-electron chi connectivity index (χ3n) is 2.57. The van der Waals surface area contributed by atoms with Gasteiger partial charge in [-0.15, -0.1) is 0 Å². The molecule has 0 radical (unpaired) electrons. The maximum atomic E-state index is 11.3. The Morgan fingerprint density at radius 3 is 3.06 bits per heavy atom. The van der Waals surface area contributed by atoms with Crippen LogP contribution in [0.1, 0.15) is 0 Å². The number of halogens is 1. The van der Waals surface area contributed by atoms with Crippen LogP contribution in [0.25, 0.3) is 0 Å². The van der Waals surface area contributed by atoms with Gasteiger partial charge < -0.3 is 21.1 Å². The van der Waals surface area contributed by atoms with Crippen LogP contribution in [0.2, 0.25) is 0 Å². The lowest BCUT2D eigenvalue weighted by atomic mass is 10.2. The predicted molar refractivity (Wildman–Crippen MR) is 67.5 cm³/mol. The van der Waals surface area contributed by atoms with Crippen molar-refractivity contribution in [3.05, 3.63) is 16.7 Å². The van der Waals surface area contributed by atoms with E-state index in [0.29, 0.717) is 24.7 Å². The minimum absolute atomic E-state index is 0.286. The van der Waals surface area contributed by atoms with E-state index >= 15 is 0 Å². The monoisotopic (exact) mass is 300 g/mol. The normalized spacial score (nSPS) is 20.3. The summed E-state index contributed by atoms with van der Waals surface area (Å²) in [5, 5.41) is 0. The minimum Gasteiger partial charge on any atom is -0.397 e. The SMILES string of the molecule is NC(=O)C1COCCN1c1ncc(N)cc1Br. The molecule has 1 fully saturated rings. The molecule has 6 nitrogen and oxygen atoms in total. The van der Waals surface area contributed by atoms with E-state index in [0.717, 1.165) is 4.47 Å². The zero-order valence-corrected chi connectivity index (χ0v) is 10.7. The number of nitrogen functional groups attached to an aromatic ring is 1. The number of rotatable bonds is 2. The van der Waals surface area contributed by atoms with Crippen molar-refractivity contribution in [1.29, 1.82) is 0 Å². The number of nitrogens with zero attached hydrogens (tertiary/aromatic N) is 2. The highest BCUT2D eigenvalue weighted by molar-refractivity contribution is 9.10. The second-order valence-corrected chi connectivity index (χ2v) is 4.61. The van der Waals surface area contributed by atoms with Crippen LogP contribution in [0.5, 0.6) is 0 Å². The van der Waals surface area contributed by atoms with Gasteiger partial charge in [-0.1, -0.05) is 0 Å². The fraction of sp³-hybridized carbons (Fsp3) is 0.400. The van der Waals surface area contributed by atoms with Crippen molar-refractivity contribution in [1.82, 2.24) is 4.98 Å². The summed E-state index contributed by atoms with van der Waals surface area (Å²) in [4.78, 5) is 17.4. The summed E-state index contributed by atoms with van der Waals surface area (Å²) in [5.41, 5.74) is 11.5. The number of nitrogens with two attached hydrogens (primary N) is 2. The first-order valence-corrected chi connectivity index (χ1v) is 5.93. The minimum atomic E-state index is -0.490.